The SMILES string of the molecule is OC1CCCn2c1cnc2Cc1cccc(Br)c1. The van der Waals surface area contributed by atoms with Gasteiger partial charge in [-0.15, -0.1) is 0 Å². The van der Waals surface area contributed by atoms with Crippen molar-refractivity contribution in [3.05, 3.63) is 52.0 Å². The molecule has 1 aliphatic rings. The molecule has 0 saturated heterocycles. The summed E-state index contributed by atoms with van der Waals surface area (Å²) in [5.74, 6) is 1.04. The molecule has 0 bridgehead atoms. The molecular weight excluding hydrogens is 292 g/mol. The molecule has 1 N–H and O–H groups in total. The molecular formula is C14H15BrN2O. The van der Waals surface area contributed by atoms with Crippen molar-refractivity contribution in [2.24, 2.45) is 0 Å². The molecule has 1 unspecified atom stereocenters. The van der Waals surface area contributed by atoms with Gasteiger partial charge in [-0.05, 0) is 30.5 Å². The summed E-state index contributed by atoms with van der Waals surface area (Å²) in [6.45, 7) is 0.968. The second kappa shape index (κ2) is 4.86. The molecule has 0 saturated carbocycles. The van der Waals surface area contributed by atoms with Crippen molar-refractivity contribution in [2.45, 2.75) is 31.9 Å². The molecule has 2 heterocycles. The minimum absolute atomic E-state index is 0.345. The molecule has 18 heavy (non-hydrogen) atoms. The summed E-state index contributed by atoms with van der Waals surface area (Å²) >= 11 is 3.48. The number of fused-ring (bicyclic) bond motifs is 1. The molecule has 94 valence electrons. The van der Waals surface area contributed by atoms with E-state index in [0.717, 1.165) is 41.8 Å². The highest BCUT2D eigenvalue weighted by Crippen LogP contribution is 2.26. The van der Waals surface area contributed by atoms with Crippen molar-refractivity contribution in [2.75, 3.05) is 0 Å². The molecule has 2 aromatic rings. The molecule has 3 rings (SSSR count). The van der Waals surface area contributed by atoms with E-state index < -0.39 is 0 Å². The molecule has 0 spiro atoms. The topological polar surface area (TPSA) is 38.0 Å². The van der Waals surface area contributed by atoms with Crippen LogP contribution in [0.4, 0.5) is 0 Å². The fourth-order valence-corrected chi connectivity index (χ4v) is 2.96. The lowest BCUT2D eigenvalue weighted by Crippen LogP contribution is -2.16. The maximum absolute atomic E-state index is 9.92. The van der Waals surface area contributed by atoms with Gasteiger partial charge in [0.25, 0.3) is 0 Å². The Morgan fingerprint density at radius 3 is 3.17 bits per heavy atom. The third kappa shape index (κ3) is 2.22. The highest BCUT2D eigenvalue weighted by atomic mass is 79.9. The minimum atomic E-state index is -0.345. The van der Waals surface area contributed by atoms with Crippen molar-refractivity contribution >= 4 is 15.9 Å². The number of halogens is 1. The Bertz CT molecular complexity index is 565. The van der Waals surface area contributed by atoms with Gasteiger partial charge in [-0.1, -0.05) is 28.1 Å². The Morgan fingerprint density at radius 1 is 1.44 bits per heavy atom. The van der Waals surface area contributed by atoms with E-state index in [4.69, 9.17) is 0 Å². The summed E-state index contributed by atoms with van der Waals surface area (Å²) in [5.41, 5.74) is 2.20. The van der Waals surface area contributed by atoms with Gasteiger partial charge in [0.15, 0.2) is 0 Å². The van der Waals surface area contributed by atoms with Gasteiger partial charge in [0, 0.05) is 17.4 Å². The molecule has 3 nitrogen and oxygen atoms in total. The zero-order chi connectivity index (χ0) is 12.5. The zero-order valence-electron chi connectivity index (χ0n) is 10.0. The van der Waals surface area contributed by atoms with Gasteiger partial charge in [0.1, 0.15) is 5.82 Å². The number of aliphatic hydroxyl groups excluding tert-OH is 1. The summed E-state index contributed by atoms with van der Waals surface area (Å²) in [6.07, 6.45) is 4.16. The van der Waals surface area contributed by atoms with Crippen LogP contribution in [0.3, 0.4) is 0 Å². The van der Waals surface area contributed by atoms with Crippen LogP contribution in [-0.4, -0.2) is 14.7 Å². The summed E-state index contributed by atoms with van der Waals surface area (Å²) in [4.78, 5) is 4.46. The van der Waals surface area contributed by atoms with E-state index in [2.05, 4.69) is 37.6 Å². The molecule has 0 aliphatic carbocycles. The van der Waals surface area contributed by atoms with Gasteiger partial charge < -0.3 is 9.67 Å². The smallest absolute Gasteiger partial charge is 0.113 e. The molecule has 0 fully saturated rings. The molecule has 1 aromatic heterocycles. The van der Waals surface area contributed by atoms with Crippen LogP contribution in [0.2, 0.25) is 0 Å². The lowest BCUT2D eigenvalue weighted by molar-refractivity contribution is 0.138. The normalized spacial score (nSPS) is 18.7. The second-order valence-electron chi connectivity index (χ2n) is 4.72. The fraction of sp³-hybridized carbons (Fsp3) is 0.357. The predicted octanol–water partition coefficient (Wildman–Crippen LogP) is 3.06. The Morgan fingerprint density at radius 2 is 2.33 bits per heavy atom. The van der Waals surface area contributed by atoms with E-state index in [1.165, 1.54) is 5.56 Å². The van der Waals surface area contributed by atoms with Crippen LogP contribution in [0, 0.1) is 0 Å². The average molecular weight is 307 g/mol. The van der Waals surface area contributed by atoms with E-state index in [0.29, 0.717) is 0 Å². The van der Waals surface area contributed by atoms with Gasteiger partial charge in [-0.25, -0.2) is 4.98 Å². The summed E-state index contributed by atoms with van der Waals surface area (Å²) in [6, 6.07) is 8.27. The third-order valence-electron chi connectivity index (χ3n) is 3.42. The Labute approximate surface area is 115 Å². The van der Waals surface area contributed by atoms with Crippen molar-refractivity contribution in [3.63, 3.8) is 0 Å². The summed E-state index contributed by atoms with van der Waals surface area (Å²) < 4.78 is 3.25. The van der Waals surface area contributed by atoms with E-state index in [1.807, 2.05) is 18.3 Å². The lowest BCUT2D eigenvalue weighted by Gasteiger charge is -2.21. The molecule has 4 heteroatoms. The van der Waals surface area contributed by atoms with Crippen molar-refractivity contribution in [3.8, 4) is 0 Å². The predicted molar refractivity (Wildman–Crippen MR) is 73.4 cm³/mol. The first kappa shape index (κ1) is 11.9. The minimum Gasteiger partial charge on any atom is -0.387 e. The summed E-state index contributed by atoms with van der Waals surface area (Å²) in [5, 5.41) is 9.92. The Hall–Kier alpha value is -1.13. The molecule has 1 aromatic carbocycles. The number of nitrogens with zero attached hydrogens (tertiary/aromatic N) is 2. The monoisotopic (exact) mass is 306 g/mol. The number of rotatable bonds is 2. The number of aromatic nitrogens is 2. The van der Waals surface area contributed by atoms with Crippen molar-refractivity contribution in [1.29, 1.82) is 0 Å². The summed E-state index contributed by atoms with van der Waals surface area (Å²) in [7, 11) is 0. The highest BCUT2D eigenvalue weighted by Gasteiger charge is 2.21. The van der Waals surface area contributed by atoms with Gasteiger partial charge >= 0.3 is 0 Å². The molecule has 1 atom stereocenters. The largest absolute Gasteiger partial charge is 0.387 e. The van der Waals surface area contributed by atoms with Crippen LogP contribution in [0.5, 0.6) is 0 Å². The van der Waals surface area contributed by atoms with Crippen molar-refractivity contribution in [1.82, 2.24) is 9.55 Å². The number of hydrogen-bond acceptors (Lipinski definition) is 2. The lowest BCUT2D eigenvalue weighted by atomic mass is 10.1. The maximum Gasteiger partial charge on any atom is 0.113 e. The van der Waals surface area contributed by atoms with E-state index >= 15 is 0 Å². The first-order valence-corrected chi connectivity index (χ1v) is 7.00. The van der Waals surface area contributed by atoms with E-state index in [9.17, 15) is 5.11 Å². The van der Waals surface area contributed by atoms with E-state index in [-0.39, 0.29) is 6.10 Å². The molecule has 0 amide bonds. The first-order valence-electron chi connectivity index (χ1n) is 6.21. The quantitative estimate of drug-likeness (QED) is 0.926. The third-order valence-corrected chi connectivity index (χ3v) is 3.91. The van der Waals surface area contributed by atoms with Gasteiger partial charge in [-0.3, -0.25) is 0 Å². The van der Waals surface area contributed by atoms with Gasteiger partial charge in [0.2, 0.25) is 0 Å². The first-order chi connectivity index (χ1) is 8.74. The van der Waals surface area contributed by atoms with Gasteiger partial charge in [0.05, 0.1) is 18.0 Å². The molecule has 1 aliphatic heterocycles. The Kier molecular flexibility index (Phi) is 3.22. The standard InChI is InChI=1S/C14H15BrN2O/c15-11-4-1-3-10(7-11)8-14-16-9-12-13(18)5-2-6-17(12)14/h1,3-4,7,9,13,18H,2,5-6,8H2. The van der Waals surface area contributed by atoms with Crippen LogP contribution >= 0.6 is 15.9 Å². The van der Waals surface area contributed by atoms with Gasteiger partial charge in [-0.2, -0.15) is 0 Å². The Balaban J connectivity index is 1.90. The number of imidazole rings is 1. The van der Waals surface area contributed by atoms with Crippen LogP contribution in [0.25, 0.3) is 0 Å². The highest BCUT2D eigenvalue weighted by molar-refractivity contribution is 9.10. The maximum atomic E-state index is 9.92. The fourth-order valence-electron chi connectivity index (χ4n) is 2.51. The number of aliphatic hydroxyl groups is 1. The second-order valence-corrected chi connectivity index (χ2v) is 5.63. The van der Waals surface area contributed by atoms with Crippen LogP contribution in [0.15, 0.2) is 34.9 Å². The number of benzene rings is 1. The van der Waals surface area contributed by atoms with Crippen LogP contribution in [0.1, 0.15) is 36.0 Å². The van der Waals surface area contributed by atoms with Crippen LogP contribution < -0.4 is 0 Å². The van der Waals surface area contributed by atoms with Crippen LogP contribution in [-0.2, 0) is 13.0 Å². The van der Waals surface area contributed by atoms with E-state index in [1.54, 1.807) is 0 Å². The number of hydrogen-bond donors (Lipinski definition) is 1. The van der Waals surface area contributed by atoms with Crippen molar-refractivity contribution < 1.29 is 5.11 Å². The zero-order valence-corrected chi connectivity index (χ0v) is 11.6. The molecule has 0 radical (unpaired) electrons. The average Bonchev–Trinajstić information content (AvgIpc) is 2.74.